The van der Waals surface area contributed by atoms with Gasteiger partial charge in [-0.2, -0.15) is 0 Å². The van der Waals surface area contributed by atoms with Crippen molar-refractivity contribution in [2.45, 2.75) is 13.0 Å². The van der Waals surface area contributed by atoms with E-state index in [2.05, 4.69) is 41.3 Å². The van der Waals surface area contributed by atoms with Crippen LogP contribution in [0.25, 0.3) is 0 Å². The number of fused-ring (bicyclic) bond motifs is 2. The molecule has 3 aliphatic rings. The van der Waals surface area contributed by atoms with Crippen LogP contribution in [-0.4, -0.2) is 56.9 Å². The summed E-state index contributed by atoms with van der Waals surface area (Å²) in [5, 5.41) is 0. The van der Waals surface area contributed by atoms with Gasteiger partial charge in [-0.15, -0.1) is 0 Å². The van der Waals surface area contributed by atoms with E-state index in [4.69, 9.17) is 9.47 Å². The Labute approximate surface area is 165 Å². The molecular weight excluding hydrogens is 354 g/mol. The van der Waals surface area contributed by atoms with Crippen LogP contribution in [0.2, 0.25) is 0 Å². The van der Waals surface area contributed by atoms with Gasteiger partial charge < -0.3 is 24.2 Å². The van der Waals surface area contributed by atoms with Crippen molar-refractivity contribution in [3.8, 4) is 11.5 Å². The Morgan fingerprint density at radius 1 is 1.00 bits per heavy atom. The standard InChI is InChI=1S/C22H25N3O3/c26-22(15-25-8-7-18-3-1-2-4-19(18)25)24-11-9-23(10-12-24)14-17-5-6-20-21(13-17)28-16-27-20/h1-6,13H,7-12,14-16H2/p+1. The number of benzene rings is 2. The molecule has 0 radical (unpaired) electrons. The molecule has 0 unspecified atom stereocenters. The first-order valence-corrected chi connectivity index (χ1v) is 10.1. The van der Waals surface area contributed by atoms with Gasteiger partial charge in [0.05, 0.1) is 32.7 Å². The average molecular weight is 380 g/mol. The first-order chi connectivity index (χ1) is 13.8. The number of quaternary nitrogens is 1. The summed E-state index contributed by atoms with van der Waals surface area (Å²) >= 11 is 0. The number of amides is 1. The van der Waals surface area contributed by atoms with Gasteiger partial charge in [-0.1, -0.05) is 18.2 Å². The third-order valence-corrected chi connectivity index (χ3v) is 6.02. The molecule has 3 aliphatic heterocycles. The van der Waals surface area contributed by atoms with Crippen molar-refractivity contribution in [2.75, 3.05) is 51.0 Å². The highest BCUT2D eigenvalue weighted by Gasteiger charge is 2.27. The Hall–Kier alpha value is -2.73. The number of nitrogens with zero attached hydrogens (tertiary/aromatic N) is 2. The lowest BCUT2D eigenvalue weighted by molar-refractivity contribution is -0.917. The van der Waals surface area contributed by atoms with Gasteiger partial charge in [0.2, 0.25) is 12.7 Å². The molecule has 0 aromatic heterocycles. The SMILES string of the molecule is O=C(CN1CCc2ccccc21)N1CC[NH+](Cc2ccc3c(c2)OCO3)CC1. The molecule has 6 nitrogen and oxygen atoms in total. The zero-order valence-electron chi connectivity index (χ0n) is 16.0. The predicted octanol–water partition coefficient (Wildman–Crippen LogP) is 0.705. The summed E-state index contributed by atoms with van der Waals surface area (Å²) in [5.74, 6) is 1.92. The topological polar surface area (TPSA) is 46.5 Å². The lowest BCUT2D eigenvalue weighted by Crippen LogP contribution is -3.13. The largest absolute Gasteiger partial charge is 0.454 e. The summed E-state index contributed by atoms with van der Waals surface area (Å²) in [6.07, 6.45) is 1.04. The molecule has 28 heavy (non-hydrogen) atoms. The van der Waals surface area contributed by atoms with Crippen molar-refractivity contribution >= 4 is 11.6 Å². The lowest BCUT2D eigenvalue weighted by Gasteiger charge is -2.33. The predicted molar refractivity (Wildman–Crippen MR) is 106 cm³/mol. The van der Waals surface area contributed by atoms with Crippen LogP contribution in [0.5, 0.6) is 11.5 Å². The summed E-state index contributed by atoms with van der Waals surface area (Å²) in [6.45, 7) is 6.33. The Morgan fingerprint density at radius 3 is 2.71 bits per heavy atom. The monoisotopic (exact) mass is 380 g/mol. The first kappa shape index (κ1) is 17.4. The molecule has 1 amide bonds. The summed E-state index contributed by atoms with van der Waals surface area (Å²) in [4.78, 5) is 18.6. The quantitative estimate of drug-likeness (QED) is 0.849. The molecule has 2 aromatic rings. The Kier molecular flexibility index (Phi) is 4.56. The van der Waals surface area contributed by atoms with Crippen LogP contribution < -0.4 is 19.3 Å². The highest BCUT2D eigenvalue weighted by molar-refractivity contribution is 5.82. The van der Waals surface area contributed by atoms with Crippen molar-refractivity contribution in [3.63, 3.8) is 0 Å². The molecule has 0 atom stereocenters. The number of rotatable bonds is 4. The van der Waals surface area contributed by atoms with E-state index in [1.54, 1.807) is 0 Å². The molecule has 1 saturated heterocycles. The van der Waals surface area contributed by atoms with Crippen LogP contribution in [0.3, 0.4) is 0 Å². The summed E-state index contributed by atoms with van der Waals surface area (Å²) < 4.78 is 10.9. The van der Waals surface area contributed by atoms with Crippen LogP contribution in [0.15, 0.2) is 42.5 Å². The molecule has 5 rings (SSSR count). The first-order valence-electron chi connectivity index (χ1n) is 10.1. The van der Waals surface area contributed by atoms with Gasteiger partial charge >= 0.3 is 0 Å². The van der Waals surface area contributed by atoms with Crippen LogP contribution in [0.4, 0.5) is 5.69 Å². The van der Waals surface area contributed by atoms with Crippen molar-refractivity contribution in [2.24, 2.45) is 0 Å². The smallest absolute Gasteiger partial charge is 0.242 e. The minimum atomic E-state index is 0.249. The molecule has 0 aliphatic carbocycles. The third kappa shape index (κ3) is 3.40. The maximum absolute atomic E-state index is 12.8. The van der Waals surface area contributed by atoms with Crippen LogP contribution >= 0.6 is 0 Å². The number of carbonyl (C=O) groups is 1. The second-order valence-electron chi connectivity index (χ2n) is 7.80. The Balaban J connectivity index is 1.14. The molecular formula is C22H26N3O3+. The molecule has 0 bridgehead atoms. The number of piperazine rings is 1. The van der Waals surface area contributed by atoms with Gasteiger partial charge in [-0.25, -0.2) is 0 Å². The fourth-order valence-corrected chi connectivity index (χ4v) is 4.42. The number of hydrogen-bond donors (Lipinski definition) is 1. The Morgan fingerprint density at radius 2 is 1.82 bits per heavy atom. The van der Waals surface area contributed by atoms with E-state index >= 15 is 0 Å². The number of nitrogens with one attached hydrogen (secondary N) is 1. The maximum Gasteiger partial charge on any atom is 0.242 e. The molecule has 1 N–H and O–H groups in total. The molecule has 6 heteroatoms. The summed E-state index contributed by atoms with van der Waals surface area (Å²) in [7, 11) is 0. The number of carbonyl (C=O) groups excluding carboxylic acids is 1. The highest BCUT2D eigenvalue weighted by Crippen LogP contribution is 2.32. The van der Waals surface area contributed by atoms with Crippen LogP contribution in [0, 0.1) is 0 Å². The summed E-state index contributed by atoms with van der Waals surface area (Å²) in [6, 6.07) is 14.6. The fraction of sp³-hybridized carbons (Fsp3) is 0.409. The second kappa shape index (κ2) is 7.36. The molecule has 2 aromatic carbocycles. The van der Waals surface area contributed by atoms with Crippen LogP contribution in [0.1, 0.15) is 11.1 Å². The minimum Gasteiger partial charge on any atom is -0.454 e. The zero-order valence-corrected chi connectivity index (χ0v) is 16.0. The lowest BCUT2D eigenvalue weighted by atomic mass is 10.1. The van der Waals surface area contributed by atoms with E-state index in [9.17, 15) is 4.79 Å². The highest BCUT2D eigenvalue weighted by atomic mass is 16.7. The fourth-order valence-electron chi connectivity index (χ4n) is 4.42. The van der Waals surface area contributed by atoms with Crippen molar-refractivity contribution in [1.29, 1.82) is 0 Å². The maximum atomic E-state index is 12.8. The molecule has 1 fully saturated rings. The second-order valence-corrected chi connectivity index (χ2v) is 7.80. The van der Waals surface area contributed by atoms with E-state index in [1.165, 1.54) is 21.7 Å². The zero-order chi connectivity index (χ0) is 18.9. The van der Waals surface area contributed by atoms with Gasteiger partial charge in [-0.3, -0.25) is 4.79 Å². The van der Waals surface area contributed by atoms with Crippen LogP contribution in [-0.2, 0) is 17.8 Å². The molecule has 3 heterocycles. The molecule has 0 spiro atoms. The molecule has 0 saturated carbocycles. The van der Waals surface area contributed by atoms with Crippen molar-refractivity contribution in [3.05, 3.63) is 53.6 Å². The molecule has 146 valence electrons. The van der Waals surface area contributed by atoms with E-state index in [0.717, 1.165) is 57.2 Å². The van der Waals surface area contributed by atoms with E-state index < -0.39 is 0 Å². The van der Waals surface area contributed by atoms with Gasteiger partial charge in [0.1, 0.15) is 6.54 Å². The number of para-hydroxylation sites is 1. The van der Waals surface area contributed by atoms with E-state index in [-0.39, 0.29) is 5.91 Å². The van der Waals surface area contributed by atoms with Crippen molar-refractivity contribution < 1.29 is 19.2 Å². The van der Waals surface area contributed by atoms with E-state index in [1.807, 2.05) is 11.0 Å². The number of ether oxygens (including phenoxy) is 2. The Bertz CT molecular complexity index is 877. The van der Waals surface area contributed by atoms with Crippen molar-refractivity contribution in [1.82, 2.24) is 4.90 Å². The number of hydrogen-bond acceptors (Lipinski definition) is 4. The minimum absolute atomic E-state index is 0.249. The number of anilines is 1. The average Bonchev–Trinajstić information content (AvgIpc) is 3.35. The normalized spacial score (nSPS) is 18.4. The third-order valence-electron chi connectivity index (χ3n) is 6.02. The van der Waals surface area contributed by atoms with Gasteiger partial charge in [0.25, 0.3) is 0 Å². The van der Waals surface area contributed by atoms with E-state index in [0.29, 0.717) is 13.3 Å². The van der Waals surface area contributed by atoms with Gasteiger partial charge in [0, 0.05) is 17.8 Å². The summed E-state index contributed by atoms with van der Waals surface area (Å²) in [5.41, 5.74) is 3.84. The van der Waals surface area contributed by atoms with Gasteiger partial charge in [-0.05, 0) is 36.2 Å². The van der Waals surface area contributed by atoms with Gasteiger partial charge in [0.15, 0.2) is 11.5 Å².